The van der Waals surface area contributed by atoms with Gasteiger partial charge in [0.25, 0.3) is 6.43 Å². The molecule has 0 saturated heterocycles. The van der Waals surface area contributed by atoms with Crippen molar-refractivity contribution in [1.29, 1.82) is 0 Å². The van der Waals surface area contributed by atoms with Crippen LogP contribution in [0.15, 0.2) is 18.2 Å². The number of hydrogen-bond acceptors (Lipinski definition) is 2. The summed E-state index contributed by atoms with van der Waals surface area (Å²) in [7, 11) is 1.29. The van der Waals surface area contributed by atoms with Crippen molar-refractivity contribution in [2.75, 3.05) is 7.11 Å². The molecule has 0 bridgehead atoms. The van der Waals surface area contributed by atoms with E-state index in [1.54, 1.807) is 0 Å². The second kappa shape index (κ2) is 4.72. The highest BCUT2D eigenvalue weighted by Gasteiger charge is 2.15. The zero-order chi connectivity index (χ0) is 11.4. The molecular formula is C10H10F2O3. The Hall–Kier alpha value is -1.65. The Kier molecular flexibility index (Phi) is 3.60. The molecule has 3 nitrogen and oxygen atoms in total. The van der Waals surface area contributed by atoms with Crippen molar-refractivity contribution >= 4 is 5.97 Å². The molecule has 1 N–H and O–H groups in total. The first-order valence-corrected chi connectivity index (χ1v) is 4.21. The Morgan fingerprint density at radius 1 is 1.53 bits per heavy atom. The summed E-state index contributed by atoms with van der Waals surface area (Å²) in [6.45, 7) is 0. The maximum atomic E-state index is 12.5. The van der Waals surface area contributed by atoms with E-state index >= 15 is 0 Å². The molecule has 0 saturated carbocycles. The Morgan fingerprint density at radius 2 is 2.20 bits per heavy atom. The van der Waals surface area contributed by atoms with Crippen molar-refractivity contribution in [3.05, 3.63) is 29.3 Å². The van der Waals surface area contributed by atoms with Crippen LogP contribution in [0.1, 0.15) is 17.6 Å². The van der Waals surface area contributed by atoms with Crippen molar-refractivity contribution in [3.63, 3.8) is 0 Å². The number of ether oxygens (including phenoxy) is 1. The zero-order valence-electron chi connectivity index (χ0n) is 8.04. The Bertz CT molecular complexity index is 364. The first kappa shape index (κ1) is 11.4. The van der Waals surface area contributed by atoms with Crippen molar-refractivity contribution in [1.82, 2.24) is 0 Å². The summed E-state index contributed by atoms with van der Waals surface area (Å²) < 4.78 is 29.7. The minimum absolute atomic E-state index is 0.0686. The Balaban J connectivity index is 3.04. The normalized spacial score (nSPS) is 10.4. The Morgan fingerprint density at radius 3 is 2.67 bits per heavy atom. The number of hydrogen-bond donors (Lipinski definition) is 1. The van der Waals surface area contributed by atoms with E-state index in [2.05, 4.69) is 0 Å². The number of carboxylic acid groups (broad SMARTS) is 1. The van der Waals surface area contributed by atoms with Crippen molar-refractivity contribution in [2.24, 2.45) is 0 Å². The van der Waals surface area contributed by atoms with Crippen LogP contribution in [0.25, 0.3) is 0 Å². The second-order valence-corrected chi connectivity index (χ2v) is 2.95. The molecule has 0 amide bonds. The highest BCUT2D eigenvalue weighted by molar-refractivity contribution is 5.70. The van der Waals surface area contributed by atoms with E-state index in [1.165, 1.54) is 19.2 Å². The van der Waals surface area contributed by atoms with Crippen LogP contribution in [0.5, 0.6) is 5.75 Å². The summed E-state index contributed by atoms with van der Waals surface area (Å²) in [4.78, 5) is 10.4. The summed E-state index contributed by atoms with van der Waals surface area (Å²) in [6, 6.07) is 3.95. The number of benzene rings is 1. The molecule has 1 rings (SSSR count). The average Bonchev–Trinajstić information content (AvgIpc) is 2.16. The van der Waals surface area contributed by atoms with Gasteiger partial charge in [-0.15, -0.1) is 0 Å². The predicted octanol–water partition coefficient (Wildman–Crippen LogP) is 2.26. The molecule has 0 aliphatic rings. The van der Waals surface area contributed by atoms with Crippen LogP contribution in [-0.2, 0) is 11.2 Å². The first-order valence-electron chi connectivity index (χ1n) is 4.21. The molecule has 0 fully saturated rings. The highest BCUT2D eigenvalue weighted by Crippen LogP contribution is 2.29. The number of aliphatic carboxylic acids is 1. The van der Waals surface area contributed by atoms with E-state index in [9.17, 15) is 13.6 Å². The molecular weight excluding hydrogens is 206 g/mol. The van der Waals surface area contributed by atoms with E-state index in [-0.39, 0.29) is 17.7 Å². The van der Waals surface area contributed by atoms with Gasteiger partial charge in [-0.2, -0.15) is 0 Å². The zero-order valence-corrected chi connectivity index (χ0v) is 8.04. The quantitative estimate of drug-likeness (QED) is 0.839. The lowest BCUT2D eigenvalue weighted by Crippen LogP contribution is -2.01. The van der Waals surface area contributed by atoms with Gasteiger partial charge in [0.1, 0.15) is 5.75 Å². The van der Waals surface area contributed by atoms with Gasteiger partial charge in [-0.3, -0.25) is 4.79 Å². The third-order valence-electron chi connectivity index (χ3n) is 1.88. The predicted molar refractivity (Wildman–Crippen MR) is 49.3 cm³/mol. The summed E-state index contributed by atoms with van der Waals surface area (Å²) in [5.74, 6) is -0.987. The Labute approximate surface area is 85.3 Å². The molecule has 0 radical (unpaired) electrons. The maximum Gasteiger partial charge on any atom is 0.307 e. The summed E-state index contributed by atoms with van der Waals surface area (Å²) in [6.07, 6.45) is -2.95. The molecule has 0 spiro atoms. The van der Waals surface area contributed by atoms with Crippen molar-refractivity contribution in [2.45, 2.75) is 12.8 Å². The first-order chi connectivity index (χ1) is 7.04. The third kappa shape index (κ3) is 2.90. The fraction of sp³-hybridized carbons (Fsp3) is 0.300. The number of carboxylic acids is 1. The molecule has 15 heavy (non-hydrogen) atoms. The van der Waals surface area contributed by atoms with E-state index in [4.69, 9.17) is 9.84 Å². The summed E-state index contributed by atoms with van der Waals surface area (Å²) in [5, 5.41) is 8.50. The van der Waals surface area contributed by atoms with E-state index in [0.29, 0.717) is 5.56 Å². The monoisotopic (exact) mass is 216 g/mol. The van der Waals surface area contributed by atoms with Crippen LogP contribution in [0.2, 0.25) is 0 Å². The van der Waals surface area contributed by atoms with E-state index in [1.807, 2.05) is 0 Å². The van der Waals surface area contributed by atoms with Gasteiger partial charge < -0.3 is 9.84 Å². The topological polar surface area (TPSA) is 46.5 Å². The van der Waals surface area contributed by atoms with Gasteiger partial charge in [0.2, 0.25) is 0 Å². The lowest BCUT2D eigenvalue weighted by molar-refractivity contribution is -0.136. The summed E-state index contributed by atoms with van der Waals surface area (Å²) in [5.41, 5.74) is 0.0508. The standard InChI is InChI=1S/C10H10F2O3/c1-15-8-3-2-6(5-9(13)14)4-7(8)10(11)12/h2-4,10H,5H2,1H3,(H,13,14). The van der Waals surface area contributed by atoms with Gasteiger partial charge >= 0.3 is 5.97 Å². The molecule has 82 valence electrons. The SMILES string of the molecule is COc1ccc(CC(=O)O)cc1C(F)F. The smallest absolute Gasteiger partial charge is 0.307 e. The van der Waals surface area contributed by atoms with Gasteiger partial charge in [-0.05, 0) is 17.7 Å². The van der Waals surface area contributed by atoms with Crippen LogP contribution in [-0.4, -0.2) is 18.2 Å². The minimum Gasteiger partial charge on any atom is -0.496 e. The molecule has 1 aromatic carbocycles. The van der Waals surface area contributed by atoms with Crippen LogP contribution >= 0.6 is 0 Å². The second-order valence-electron chi connectivity index (χ2n) is 2.95. The van der Waals surface area contributed by atoms with Crippen molar-refractivity contribution < 1.29 is 23.4 Å². The average molecular weight is 216 g/mol. The molecule has 0 atom stereocenters. The lowest BCUT2D eigenvalue weighted by atomic mass is 10.1. The molecule has 5 heteroatoms. The van der Waals surface area contributed by atoms with Gasteiger partial charge in [0.05, 0.1) is 19.1 Å². The van der Waals surface area contributed by atoms with Crippen LogP contribution in [0, 0.1) is 0 Å². The van der Waals surface area contributed by atoms with E-state index in [0.717, 1.165) is 6.07 Å². The van der Waals surface area contributed by atoms with Gasteiger partial charge in [0.15, 0.2) is 0 Å². The van der Waals surface area contributed by atoms with E-state index < -0.39 is 12.4 Å². The van der Waals surface area contributed by atoms with Crippen LogP contribution in [0.4, 0.5) is 8.78 Å². The molecule has 1 aromatic rings. The highest BCUT2D eigenvalue weighted by atomic mass is 19.3. The maximum absolute atomic E-state index is 12.5. The van der Waals surface area contributed by atoms with Gasteiger partial charge in [-0.1, -0.05) is 6.07 Å². The number of carbonyl (C=O) groups is 1. The summed E-state index contributed by atoms with van der Waals surface area (Å²) >= 11 is 0. The molecule has 0 aromatic heterocycles. The minimum atomic E-state index is -2.67. The van der Waals surface area contributed by atoms with Crippen LogP contribution < -0.4 is 4.74 Å². The molecule has 0 aliphatic carbocycles. The number of rotatable bonds is 4. The lowest BCUT2D eigenvalue weighted by Gasteiger charge is -2.08. The van der Waals surface area contributed by atoms with Gasteiger partial charge in [0, 0.05) is 0 Å². The van der Waals surface area contributed by atoms with Crippen molar-refractivity contribution in [3.8, 4) is 5.75 Å². The van der Waals surface area contributed by atoms with Gasteiger partial charge in [-0.25, -0.2) is 8.78 Å². The molecule has 0 aliphatic heterocycles. The third-order valence-corrected chi connectivity index (χ3v) is 1.88. The largest absolute Gasteiger partial charge is 0.496 e. The fourth-order valence-electron chi connectivity index (χ4n) is 1.24. The number of halogens is 2. The number of methoxy groups -OCH3 is 1. The fourth-order valence-corrected chi connectivity index (χ4v) is 1.24. The van der Waals surface area contributed by atoms with Crippen LogP contribution in [0.3, 0.4) is 0 Å². The molecule has 0 unspecified atom stereocenters. The molecule has 0 heterocycles. The number of alkyl halides is 2.